The predicted octanol–water partition coefficient (Wildman–Crippen LogP) is 2.48. The van der Waals surface area contributed by atoms with Crippen molar-refractivity contribution in [2.75, 3.05) is 59.0 Å². The lowest BCUT2D eigenvalue weighted by Crippen LogP contribution is -2.46. The van der Waals surface area contributed by atoms with E-state index in [1.807, 2.05) is 12.1 Å². The molecule has 1 fully saturated rings. The number of likely N-dealkylation sites (N-methyl/N-ethyl adjacent to an activating group) is 1. The third-order valence-electron chi connectivity index (χ3n) is 5.50. The third-order valence-corrected chi connectivity index (χ3v) is 5.50. The molecule has 2 atom stereocenters. The van der Waals surface area contributed by atoms with E-state index < -0.39 is 0 Å². The Balaban J connectivity index is 2.06. The van der Waals surface area contributed by atoms with Crippen molar-refractivity contribution < 1.29 is 9.13 Å². The van der Waals surface area contributed by atoms with Gasteiger partial charge in [-0.05, 0) is 44.6 Å². The predicted molar refractivity (Wildman–Crippen MR) is 118 cm³/mol. The van der Waals surface area contributed by atoms with Gasteiger partial charge in [-0.1, -0.05) is 26.0 Å². The van der Waals surface area contributed by atoms with E-state index in [9.17, 15) is 4.39 Å². The zero-order valence-electron chi connectivity index (χ0n) is 18.5. The number of nitrogens with one attached hydrogen (secondary N) is 2. The summed E-state index contributed by atoms with van der Waals surface area (Å²) in [5.41, 5.74) is 1.10. The van der Waals surface area contributed by atoms with E-state index in [1.54, 1.807) is 0 Å². The smallest absolute Gasteiger partial charge is 0.191 e. The van der Waals surface area contributed by atoms with Crippen LogP contribution in [-0.2, 0) is 4.74 Å². The molecule has 1 aromatic rings. The Morgan fingerprint density at radius 1 is 1.14 bits per heavy atom. The van der Waals surface area contributed by atoms with Gasteiger partial charge in [0, 0.05) is 32.2 Å². The van der Waals surface area contributed by atoms with Gasteiger partial charge in [-0.2, -0.15) is 0 Å². The first-order valence-electron chi connectivity index (χ1n) is 10.9. The van der Waals surface area contributed by atoms with Crippen LogP contribution in [0.25, 0.3) is 0 Å². The summed E-state index contributed by atoms with van der Waals surface area (Å²) in [5.74, 6) is 0.620. The quantitative estimate of drug-likeness (QED) is 0.461. The zero-order chi connectivity index (χ0) is 21.1. The molecule has 1 aliphatic heterocycles. The molecule has 2 unspecified atom stereocenters. The summed E-state index contributed by atoms with van der Waals surface area (Å²) in [6.45, 7) is 16.2. The normalized spacial score (nSPS) is 17.9. The number of hydrogen-bond donors (Lipinski definition) is 2. The van der Waals surface area contributed by atoms with Gasteiger partial charge in [0.25, 0.3) is 0 Å². The summed E-state index contributed by atoms with van der Waals surface area (Å²) in [5, 5.41) is 6.85. The van der Waals surface area contributed by atoms with Crippen LogP contribution in [0.4, 0.5) is 4.39 Å². The molecule has 6 nitrogen and oxygen atoms in total. The van der Waals surface area contributed by atoms with Gasteiger partial charge in [0.05, 0.1) is 25.8 Å². The van der Waals surface area contributed by atoms with Crippen molar-refractivity contribution >= 4 is 5.96 Å². The van der Waals surface area contributed by atoms with E-state index >= 15 is 0 Å². The van der Waals surface area contributed by atoms with Crippen molar-refractivity contribution in [3.8, 4) is 0 Å². The highest BCUT2D eigenvalue weighted by Crippen LogP contribution is 2.21. The van der Waals surface area contributed by atoms with Crippen molar-refractivity contribution in [1.29, 1.82) is 0 Å². The van der Waals surface area contributed by atoms with Gasteiger partial charge in [0.15, 0.2) is 5.96 Å². The van der Waals surface area contributed by atoms with Crippen molar-refractivity contribution in [1.82, 2.24) is 20.4 Å². The number of benzene rings is 1. The van der Waals surface area contributed by atoms with Crippen LogP contribution >= 0.6 is 0 Å². The number of guanidine groups is 1. The summed E-state index contributed by atoms with van der Waals surface area (Å²) in [4.78, 5) is 9.60. The van der Waals surface area contributed by atoms with Gasteiger partial charge >= 0.3 is 0 Å². The lowest BCUT2D eigenvalue weighted by atomic mass is 10.0. The third kappa shape index (κ3) is 7.57. The van der Waals surface area contributed by atoms with Crippen LogP contribution in [0.15, 0.2) is 29.3 Å². The molecular weight excluding hydrogens is 369 g/mol. The van der Waals surface area contributed by atoms with E-state index in [0.29, 0.717) is 12.6 Å². The Morgan fingerprint density at radius 3 is 2.38 bits per heavy atom. The van der Waals surface area contributed by atoms with Crippen molar-refractivity contribution in [2.45, 2.75) is 39.8 Å². The van der Waals surface area contributed by atoms with Gasteiger partial charge in [-0.25, -0.2) is 4.39 Å². The molecule has 1 saturated heterocycles. The summed E-state index contributed by atoms with van der Waals surface area (Å²) in [6.07, 6.45) is 0. The van der Waals surface area contributed by atoms with Gasteiger partial charge in [-0.15, -0.1) is 0 Å². The Kier molecular flexibility index (Phi) is 10.4. The zero-order valence-corrected chi connectivity index (χ0v) is 18.5. The number of morpholine rings is 1. The average molecular weight is 408 g/mol. The lowest BCUT2D eigenvalue weighted by Gasteiger charge is -2.35. The Hall–Kier alpha value is -1.70. The Morgan fingerprint density at radius 2 is 1.79 bits per heavy atom. The maximum absolute atomic E-state index is 13.4. The van der Waals surface area contributed by atoms with Crippen LogP contribution < -0.4 is 10.6 Å². The van der Waals surface area contributed by atoms with Gasteiger partial charge in [0.1, 0.15) is 5.82 Å². The van der Waals surface area contributed by atoms with Crippen LogP contribution in [-0.4, -0.2) is 80.8 Å². The van der Waals surface area contributed by atoms with Crippen molar-refractivity contribution in [2.24, 2.45) is 4.99 Å². The molecule has 7 heteroatoms. The Labute approximate surface area is 175 Å². The molecule has 1 heterocycles. The van der Waals surface area contributed by atoms with Crippen LogP contribution in [0.5, 0.6) is 0 Å². The molecule has 164 valence electrons. The van der Waals surface area contributed by atoms with Gasteiger partial charge < -0.3 is 15.4 Å². The second kappa shape index (κ2) is 12.8. The SMILES string of the molecule is CCNC(=NCC(C)N(CC)CC)NCC(c1ccc(F)cc1)N1CCOCC1. The molecule has 1 aliphatic rings. The first kappa shape index (κ1) is 23.6. The first-order valence-corrected chi connectivity index (χ1v) is 10.9. The number of nitrogens with zero attached hydrogens (tertiary/aromatic N) is 3. The van der Waals surface area contributed by atoms with E-state index in [2.05, 4.69) is 48.1 Å². The maximum Gasteiger partial charge on any atom is 0.191 e. The van der Waals surface area contributed by atoms with Crippen molar-refractivity contribution in [3.05, 3.63) is 35.6 Å². The molecular formula is C22H38FN5O. The van der Waals surface area contributed by atoms with Crippen LogP contribution in [0.3, 0.4) is 0 Å². The van der Waals surface area contributed by atoms with E-state index in [0.717, 1.165) is 64.0 Å². The number of halogens is 1. The topological polar surface area (TPSA) is 52.1 Å². The minimum Gasteiger partial charge on any atom is -0.379 e. The molecule has 0 bridgehead atoms. The largest absolute Gasteiger partial charge is 0.379 e. The fraction of sp³-hybridized carbons (Fsp3) is 0.682. The van der Waals surface area contributed by atoms with Gasteiger partial charge in [-0.3, -0.25) is 14.8 Å². The highest BCUT2D eigenvalue weighted by Gasteiger charge is 2.23. The molecule has 0 saturated carbocycles. The molecule has 0 radical (unpaired) electrons. The highest BCUT2D eigenvalue weighted by atomic mass is 19.1. The molecule has 0 aromatic heterocycles. The number of rotatable bonds is 10. The molecule has 29 heavy (non-hydrogen) atoms. The van der Waals surface area contributed by atoms with Gasteiger partial charge in [0.2, 0.25) is 0 Å². The summed E-state index contributed by atoms with van der Waals surface area (Å²) in [7, 11) is 0. The summed E-state index contributed by atoms with van der Waals surface area (Å²) < 4.78 is 18.9. The monoisotopic (exact) mass is 407 g/mol. The second-order valence-electron chi connectivity index (χ2n) is 7.39. The second-order valence-corrected chi connectivity index (χ2v) is 7.39. The maximum atomic E-state index is 13.4. The number of hydrogen-bond acceptors (Lipinski definition) is 4. The van der Waals surface area contributed by atoms with Crippen LogP contribution in [0.1, 0.15) is 39.3 Å². The molecule has 1 aromatic carbocycles. The molecule has 2 rings (SSSR count). The highest BCUT2D eigenvalue weighted by molar-refractivity contribution is 5.79. The van der Waals surface area contributed by atoms with Crippen LogP contribution in [0, 0.1) is 5.82 Å². The minimum absolute atomic E-state index is 0.142. The van der Waals surface area contributed by atoms with E-state index in [-0.39, 0.29) is 11.9 Å². The standard InChI is InChI=1S/C22H38FN5O/c1-5-24-22(25-16-18(4)27(6-2)7-3)26-17-21(28-12-14-29-15-13-28)19-8-10-20(23)11-9-19/h8-11,18,21H,5-7,12-17H2,1-4H3,(H2,24,25,26). The summed E-state index contributed by atoms with van der Waals surface area (Å²) in [6, 6.07) is 7.37. The minimum atomic E-state index is -0.206. The fourth-order valence-corrected chi connectivity index (χ4v) is 3.75. The van der Waals surface area contributed by atoms with E-state index in [1.165, 1.54) is 12.1 Å². The Bertz CT molecular complexity index is 600. The van der Waals surface area contributed by atoms with Crippen LogP contribution in [0.2, 0.25) is 0 Å². The van der Waals surface area contributed by atoms with E-state index in [4.69, 9.17) is 9.73 Å². The lowest BCUT2D eigenvalue weighted by molar-refractivity contribution is 0.0170. The molecule has 2 N–H and O–H groups in total. The first-order chi connectivity index (χ1) is 14.1. The average Bonchev–Trinajstić information content (AvgIpc) is 2.75. The molecule has 0 amide bonds. The number of ether oxygens (including phenoxy) is 1. The fourth-order valence-electron chi connectivity index (χ4n) is 3.75. The molecule has 0 aliphatic carbocycles. The summed E-state index contributed by atoms with van der Waals surface area (Å²) >= 11 is 0. The molecule has 0 spiro atoms. The van der Waals surface area contributed by atoms with Crippen molar-refractivity contribution in [3.63, 3.8) is 0 Å². The number of aliphatic imine (C=N–C) groups is 1.